The van der Waals surface area contributed by atoms with Gasteiger partial charge in [0.15, 0.2) is 0 Å². The molecule has 0 radical (unpaired) electrons. The zero-order chi connectivity index (χ0) is 15.2. The van der Waals surface area contributed by atoms with Crippen LogP contribution in [0.1, 0.15) is 19.8 Å². The van der Waals surface area contributed by atoms with E-state index < -0.39 is 26.7 Å². The number of carbonyl (C=O) groups is 1. The van der Waals surface area contributed by atoms with E-state index in [1.165, 1.54) is 6.07 Å². The number of hydrogen-bond acceptors (Lipinski definition) is 5. The first-order valence-electron chi connectivity index (χ1n) is 6.07. The molecule has 1 rings (SSSR count). The molecular formula is C12H17FN2O4S. The molecule has 0 fully saturated rings. The predicted molar refractivity (Wildman–Crippen MR) is 71.9 cm³/mol. The fraction of sp³-hybridized carbons (Fsp3) is 0.417. The minimum atomic E-state index is -3.98. The van der Waals surface area contributed by atoms with E-state index in [2.05, 4.69) is 4.72 Å². The van der Waals surface area contributed by atoms with Crippen LogP contribution in [0, 0.1) is 5.82 Å². The summed E-state index contributed by atoms with van der Waals surface area (Å²) in [7, 11) is -3.98. The van der Waals surface area contributed by atoms with Crippen LogP contribution in [-0.4, -0.2) is 27.5 Å². The summed E-state index contributed by atoms with van der Waals surface area (Å²) >= 11 is 0. The van der Waals surface area contributed by atoms with Crippen LogP contribution in [0.4, 0.5) is 10.1 Å². The maximum atomic E-state index is 13.5. The van der Waals surface area contributed by atoms with Gasteiger partial charge in [-0.05, 0) is 31.5 Å². The highest BCUT2D eigenvalue weighted by molar-refractivity contribution is 7.89. The molecular weight excluding hydrogens is 287 g/mol. The van der Waals surface area contributed by atoms with Crippen LogP contribution in [0.5, 0.6) is 0 Å². The summed E-state index contributed by atoms with van der Waals surface area (Å²) in [5.74, 6) is -1.28. The molecule has 0 spiro atoms. The molecule has 1 aromatic rings. The molecule has 0 saturated heterocycles. The van der Waals surface area contributed by atoms with Gasteiger partial charge in [0.2, 0.25) is 10.0 Å². The van der Waals surface area contributed by atoms with Crippen LogP contribution in [-0.2, 0) is 19.6 Å². The van der Waals surface area contributed by atoms with E-state index in [-0.39, 0.29) is 31.7 Å². The number of nitrogen functional groups attached to an aromatic ring is 1. The van der Waals surface area contributed by atoms with Gasteiger partial charge in [0.25, 0.3) is 0 Å². The Morgan fingerprint density at radius 2 is 2.15 bits per heavy atom. The maximum absolute atomic E-state index is 13.5. The summed E-state index contributed by atoms with van der Waals surface area (Å²) in [6, 6.07) is 3.31. The first-order chi connectivity index (χ1) is 9.36. The number of nitrogens with two attached hydrogens (primary N) is 1. The summed E-state index contributed by atoms with van der Waals surface area (Å²) in [5, 5.41) is 0. The van der Waals surface area contributed by atoms with Gasteiger partial charge in [-0.2, -0.15) is 0 Å². The number of benzene rings is 1. The Morgan fingerprint density at radius 1 is 1.45 bits per heavy atom. The van der Waals surface area contributed by atoms with Crippen molar-refractivity contribution in [2.45, 2.75) is 24.7 Å². The SMILES string of the molecule is CCOC(=O)CCCNS(=O)(=O)c1cc(N)ccc1F. The van der Waals surface area contributed by atoms with Crippen molar-refractivity contribution in [3.63, 3.8) is 0 Å². The molecule has 0 amide bonds. The lowest BCUT2D eigenvalue weighted by atomic mass is 10.3. The molecule has 0 aliphatic carbocycles. The van der Waals surface area contributed by atoms with Gasteiger partial charge in [0.1, 0.15) is 10.7 Å². The highest BCUT2D eigenvalue weighted by Gasteiger charge is 2.18. The zero-order valence-electron chi connectivity index (χ0n) is 11.1. The van der Waals surface area contributed by atoms with Crippen molar-refractivity contribution in [1.82, 2.24) is 4.72 Å². The van der Waals surface area contributed by atoms with E-state index >= 15 is 0 Å². The third-order valence-electron chi connectivity index (χ3n) is 2.40. The average Bonchev–Trinajstić information content (AvgIpc) is 2.38. The summed E-state index contributed by atoms with van der Waals surface area (Å²) in [6.07, 6.45) is 0.359. The normalized spacial score (nSPS) is 11.3. The molecule has 3 N–H and O–H groups in total. The second kappa shape index (κ2) is 7.20. The van der Waals surface area contributed by atoms with E-state index in [9.17, 15) is 17.6 Å². The third kappa shape index (κ3) is 4.78. The summed E-state index contributed by atoms with van der Waals surface area (Å²) in [4.78, 5) is 10.6. The van der Waals surface area contributed by atoms with Gasteiger partial charge in [-0.3, -0.25) is 4.79 Å². The first kappa shape index (κ1) is 16.4. The molecule has 0 bridgehead atoms. The van der Waals surface area contributed by atoms with Crippen LogP contribution >= 0.6 is 0 Å². The van der Waals surface area contributed by atoms with Crippen LogP contribution in [0.3, 0.4) is 0 Å². The Bertz CT molecular complexity index is 575. The Kier molecular flexibility index (Phi) is 5.90. The van der Waals surface area contributed by atoms with Crippen LogP contribution in [0.2, 0.25) is 0 Å². The monoisotopic (exact) mass is 304 g/mol. The molecule has 8 heteroatoms. The predicted octanol–water partition coefficient (Wildman–Crippen LogP) is 1.03. The number of ether oxygens (including phenoxy) is 1. The molecule has 0 aliphatic rings. The van der Waals surface area contributed by atoms with Gasteiger partial charge in [-0.15, -0.1) is 0 Å². The molecule has 0 aromatic heterocycles. The van der Waals surface area contributed by atoms with Crippen molar-refractivity contribution in [2.24, 2.45) is 0 Å². The summed E-state index contributed by atoms with van der Waals surface area (Å²) in [5.41, 5.74) is 5.58. The quantitative estimate of drug-likeness (QED) is 0.445. The molecule has 0 heterocycles. The highest BCUT2D eigenvalue weighted by atomic mass is 32.2. The van der Waals surface area contributed by atoms with Crippen molar-refractivity contribution in [1.29, 1.82) is 0 Å². The number of carbonyl (C=O) groups excluding carboxylic acids is 1. The number of rotatable bonds is 7. The van der Waals surface area contributed by atoms with Crippen molar-refractivity contribution >= 4 is 21.7 Å². The Labute approximate surface area is 117 Å². The summed E-state index contributed by atoms with van der Waals surface area (Å²) < 4.78 is 44.1. The average molecular weight is 304 g/mol. The van der Waals surface area contributed by atoms with Crippen molar-refractivity contribution < 1.29 is 22.3 Å². The van der Waals surface area contributed by atoms with E-state index in [0.717, 1.165) is 12.1 Å². The number of nitrogens with one attached hydrogen (secondary N) is 1. The van der Waals surface area contributed by atoms with E-state index in [4.69, 9.17) is 10.5 Å². The molecule has 0 unspecified atom stereocenters. The van der Waals surface area contributed by atoms with Crippen molar-refractivity contribution in [3.8, 4) is 0 Å². The zero-order valence-corrected chi connectivity index (χ0v) is 11.9. The summed E-state index contributed by atoms with van der Waals surface area (Å²) in [6.45, 7) is 1.97. The van der Waals surface area contributed by atoms with Gasteiger partial charge >= 0.3 is 5.97 Å². The van der Waals surface area contributed by atoms with Gasteiger partial charge < -0.3 is 10.5 Å². The second-order valence-electron chi connectivity index (χ2n) is 4.00. The number of hydrogen-bond donors (Lipinski definition) is 2. The fourth-order valence-corrected chi connectivity index (χ4v) is 2.66. The number of halogens is 1. The van der Waals surface area contributed by atoms with Crippen molar-refractivity contribution in [3.05, 3.63) is 24.0 Å². The third-order valence-corrected chi connectivity index (χ3v) is 3.88. The Morgan fingerprint density at radius 3 is 2.80 bits per heavy atom. The first-order valence-corrected chi connectivity index (χ1v) is 7.55. The van der Waals surface area contributed by atoms with Gasteiger partial charge in [-0.25, -0.2) is 17.5 Å². The standard InChI is InChI=1S/C12H17FN2O4S/c1-2-19-12(16)4-3-7-15-20(17,18)11-8-9(14)5-6-10(11)13/h5-6,8,15H,2-4,7,14H2,1H3. The number of esters is 1. The highest BCUT2D eigenvalue weighted by Crippen LogP contribution is 2.17. The van der Waals surface area contributed by atoms with E-state index in [1.807, 2.05) is 0 Å². The van der Waals surface area contributed by atoms with Gasteiger partial charge in [0.05, 0.1) is 6.61 Å². The molecule has 0 saturated carbocycles. The van der Waals surface area contributed by atoms with Gasteiger partial charge in [-0.1, -0.05) is 0 Å². The molecule has 6 nitrogen and oxygen atoms in total. The number of anilines is 1. The lowest BCUT2D eigenvalue weighted by molar-refractivity contribution is -0.143. The smallest absolute Gasteiger partial charge is 0.305 e. The molecule has 20 heavy (non-hydrogen) atoms. The lowest BCUT2D eigenvalue weighted by Gasteiger charge is -2.08. The fourth-order valence-electron chi connectivity index (χ4n) is 1.48. The largest absolute Gasteiger partial charge is 0.466 e. The minimum absolute atomic E-state index is 0.00931. The Balaban J connectivity index is 2.58. The Hall–Kier alpha value is -1.67. The van der Waals surface area contributed by atoms with Crippen LogP contribution in [0.15, 0.2) is 23.1 Å². The second-order valence-corrected chi connectivity index (χ2v) is 5.73. The van der Waals surface area contributed by atoms with Crippen LogP contribution < -0.4 is 10.5 Å². The van der Waals surface area contributed by atoms with Gasteiger partial charge in [0, 0.05) is 18.7 Å². The maximum Gasteiger partial charge on any atom is 0.305 e. The molecule has 112 valence electrons. The molecule has 0 atom stereocenters. The number of sulfonamides is 1. The van der Waals surface area contributed by atoms with Crippen LogP contribution in [0.25, 0.3) is 0 Å². The topological polar surface area (TPSA) is 98.5 Å². The van der Waals surface area contributed by atoms with Crippen molar-refractivity contribution in [2.75, 3.05) is 18.9 Å². The molecule has 0 aliphatic heterocycles. The lowest BCUT2D eigenvalue weighted by Crippen LogP contribution is -2.26. The molecule has 1 aromatic carbocycles. The van der Waals surface area contributed by atoms with E-state index in [1.54, 1.807) is 6.92 Å². The minimum Gasteiger partial charge on any atom is -0.466 e. The van der Waals surface area contributed by atoms with E-state index in [0.29, 0.717) is 0 Å².